The van der Waals surface area contributed by atoms with Gasteiger partial charge in [0.1, 0.15) is 18.5 Å². The number of aliphatic hydroxyl groups excluding tert-OH is 1. The molecule has 2 aromatic carbocycles. The van der Waals surface area contributed by atoms with E-state index >= 15 is 0 Å². The minimum Gasteiger partial charge on any atom is -0.490 e. The average molecular weight is 286 g/mol. The van der Waals surface area contributed by atoms with Crippen molar-refractivity contribution in [2.45, 2.75) is 20.0 Å². The van der Waals surface area contributed by atoms with Crippen molar-refractivity contribution in [1.82, 2.24) is 0 Å². The summed E-state index contributed by atoms with van der Waals surface area (Å²) in [5, 5.41) is 10.3. The fourth-order valence-electron chi connectivity index (χ4n) is 2.35. The van der Waals surface area contributed by atoms with Gasteiger partial charge in [-0.25, -0.2) is 0 Å². The molecule has 1 heterocycles. The van der Waals surface area contributed by atoms with Gasteiger partial charge in [0.15, 0.2) is 11.5 Å². The standard InChI is InChI=1S/C17H18O4/c1-11-3-4-12(2)14(7-11)15(18)9-19-13-5-6-16-17(8-13)21-10-20-16/h3-8,15,18H,9-10H2,1-2H3. The summed E-state index contributed by atoms with van der Waals surface area (Å²) in [4.78, 5) is 0. The molecule has 1 aliphatic heterocycles. The molecule has 0 aromatic heterocycles. The number of fused-ring (bicyclic) bond motifs is 1. The molecule has 4 heteroatoms. The average Bonchev–Trinajstić information content (AvgIpc) is 2.94. The molecular weight excluding hydrogens is 268 g/mol. The second kappa shape index (κ2) is 5.66. The van der Waals surface area contributed by atoms with Crippen LogP contribution in [-0.4, -0.2) is 18.5 Å². The lowest BCUT2D eigenvalue weighted by atomic mass is 10.0. The van der Waals surface area contributed by atoms with Crippen molar-refractivity contribution in [1.29, 1.82) is 0 Å². The van der Waals surface area contributed by atoms with Gasteiger partial charge in [-0.1, -0.05) is 23.8 Å². The van der Waals surface area contributed by atoms with Gasteiger partial charge < -0.3 is 19.3 Å². The molecule has 0 bridgehead atoms. The Labute approximate surface area is 123 Å². The summed E-state index contributed by atoms with van der Waals surface area (Å²) < 4.78 is 16.2. The number of rotatable bonds is 4. The SMILES string of the molecule is Cc1ccc(C)c(C(O)COc2ccc3c(c2)OCO3)c1. The van der Waals surface area contributed by atoms with Crippen molar-refractivity contribution >= 4 is 0 Å². The maximum Gasteiger partial charge on any atom is 0.231 e. The first-order valence-electron chi connectivity index (χ1n) is 6.91. The molecule has 0 saturated carbocycles. The summed E-state index contributed by atoms with van der Waals surface area (Å²) in [5.74, 6) is 2.05. The maximum atomic E-state index is 10.3. The van der Waals surface area contributed by atoms with Crippen molar-refractivity contribution < 1.29 is 19.3 Å². The van der Waals surface area contributed by atoms with Gasteiger partial charge in [-0.05, 0) is 37.1 Å². The molecule has 1 atom stereocenters. The van der Waals surface area contributed by atoms with Crippen LogP contribution in [0.3, 0.4) is 0 Å². The molecule has 1 aliphatic rings. The van der Waals surface area contributed by atoms with Crippen LogP contribution in [0.2, 0.25) is 0 Å². The molecule has 4 nitrogen and oxygen atoms in total. The Morgan fingerprint density at radius 2 is 1.90 bits per heavy atom. The first-order valence-corrected chi connectivity index (χ1v) is 6.91. The van der Waals surface area contributed by atoms with Gasteiger partial charge >= 0.3 is 0 Å². The molecule has 0 spiro atoms. The summed E-state index contributed by atoms with van der Waals surface area (Å²) in [6, 6.07) is 11.4. The topological polar surface area (TPSA) is 47.9 Å². The lowest BCUT2D eigenvalue weighted by Crippen LogP contribution is -2.11. The molecule has 0 saturated heterocycles. The lowest BCUT2D eigenvalue weighted by molar-refractivity contribution is 0.107. The largest absolute Gasteiger partial charge is 0.490 e. The first-order chi connectivity index (χ1) is 10.1. The van der Waals surface area contributed by atoms with E-state index in [4.69, 9.17) is 14.2 Å². The first kappa shape index (κ1) is 13.8. The zero-order chi connectivity index (χ0) is 14.8. The molecule has 1 unspecified atom stereocenters. The maximum absolute atomic E-state index is 10.3. The summed E-state index contributed by atoms with van der Waals surface area (Å²) in [6.07, 6.45) is -0.657. The third kappa shape index (κ3) is 2.95. The minimum atomic E-state index is -0.657. The summed E-state index contributed by atoms with van der Waals surface area (Å²) in [5.41, 5.74) is 3.08. The van der Waals surface area contributed by atoms with Crippen LogP contribution in [0.5, 0.6) is 17.2 Å². The zero-order valence-electron chi connectivity index (χ0n) is 12.1. The molecule has 3 rings (SSSR count). The van der Waals surface area contributed by atoms with Gasteiger partial charge in [-0.3, -0.25) is 0 Å². The zero-order valence-corrected chi connectivity index (χ0v) is 12.1. The van der Waals surface area contributed by atoms with E-state index in [1.807, 2.05) is 44.2 Å². The Hall–Kier alpha value is -2.20. The van der Waals surface area contributed by atoms with Crippen molar-refractivity contribution in [3.05, 3.63) is 53.1 Å². The highest BCUT2D eigenvalue weighted by atomic mass is 16.7. The predicted octanol–water partition coefficient (Wildman–Crippen LogP) is 3.14. The van der Waals surface area contributed by atoms with Crippen LogP contribution < -0.4 is 14.2 Å². The number of hydrogen-bond acceptors (Lipinski definition) is 4. The van der Waals surface area contributed by atoms with Gasteiger partial charge in [-0.2, -0.15) is 0 Å². The van der Waals surface area contributed by atoms with Crippen LogP contribution >= 0.6 is 0 Å². The Kier molecular flexibility index (Phi) is 3.71. The van der Waals surface area contributed by atoms with Gasteiger partial charge in [0.25, 0.3) is 0 Å². The third-order valence-electron chi connectivity index (χ3n) is 3.55. The van der Waals surface area contributed by atoms with Crippen molar-refractivity contribution in [3.63, 3.8) is 0 Å². The van der Waals surface area contributed by atoms with Crippen molar-refractivity contribution in [3.8, 4) is 17.2 Å². The van der Waals surface area contributed by atoms with E-state index in [0.717, 1.165) is 22.4 Å². The Morgan fingerprint density at radius 3 is 2.76 bits per heavy atom. The smallest absolute Gasteiger partial charge is 0.231 e. The molecule has 2 aromatic rings. The fourth-order valence-corrected chi connectivity index (χ4v) is 2.35. The lowest BCUT2D eigenvalue weighted by Gasteiger charge is -2.15. The molecular formula is C17H18O4. The van der Waals surface area contributed by atoms with Crippen LogP contribution in [0, 0.1) is 13.8 Å². The van der Waals surface area contributed by atoms with Gasteiger partial charge in [0.05, 0.1) is 0 Å². The van der Waals surface area contributed by atoms with E-state index in [-0.39, 0.29) is 13.4 Å². The van der Waals surface area contributed by atoms with E-state index in [1.54, 1.807) is 6.07 Å². The van der Waals surface area contributed by atoms with Crippen LogP contribution in [-0.2, 0) is 0 Å². The summed E-state index contributed by atoms with van der Waals surface area (Å²) in [7, 11) is 0. The number of aliphatic hydroxyl groups is 1. The number of aryl methyl sites for hydroxylation is 2. The second-order valence-electron chi connectivity index (χ2n) is 5.20. The number of ether oxygens (including phenoxy) is 3. The van der Waals surface area contributed by atoms with Gasteiger partial charge in [0.2, 0.25) is 6.79 Å². The quantitative estimate of drug-likeness (QED) is 0.938. The fraction of sp³-hybridized carbons (Fsp3) is 0.294. The summed E-state index contributed by atoms with van der Waals surface area (Å²) in [6.45, 7) is 4.43. The van der Waals surface area contributed by atoms with Crippen LogP contribution in [0.25, 0.3) is 0 Å². The van der Waals surface area contributed by atoms with E-state index in [9.17, 15) is 5.11 Å². The molecule has 0 radical (unpaired) electrons. The van der Waals surface area contributed by atoms with Gasteiger partial charge in [0, 0.05) is 6.07 Å². The van der Waals surface area contributed by atoms with Crippen molar-refractivity contribution in [2.24, 2.45) is 0 Å². The van der Waals surface area contributed by atoms with E-state index in [0.29, 0.717) is 11.5 Å². The minimum absolute atomic E-state index is 0.198. The Morgan fingerprint density at radius 1 is 1.10 bits per heavy atom. The third-order valence-corrected chi connectivity index (χ3v) is 3.55. The van der Waals surface area contributed by atoms with E-state index < -0.39 is 6.10 Å². The van der Waals surface area contributed by atoms with Crippen LogP contribution in [0.15, 0.2) is 36.4 Å². The summed E-state index contributed by atoms with van der Waals surface area (Å²) >= 11 is 0. The molecule has 1 N–H and O–H groups in total. The highest BCUT2D eigenvalue weighted by Gasteiger charge is 2.15. The van der Waals surface area contributed by atoms with E-state index in [1.165, 1.54) is 0 Å². The Bertz CT molecular complexity index is 651. The van der Waals surface area contributed by atoms with Crippen molar-refractivity contribution in [2.75, 3.05) is 13.4 Å². The van der Waals surface area contributed by atoms with Gasteiger partial charge in [-0.15, -0.1) is 0 Å². The Balaban J connectivity index is 1.68. The van der Waals surface area contributed by atoms with Crippen LogP contribution in [0.1, 0.15) is 22.8 Å². The number of hydrogen-bond donors (Lipinski definition) is 1. The molecule has 0 amide bonds. The molecule has 21 heavy (non-hydrogen) atoms. The highest BCUT2D eigenvalue weighted by molar-refractivity contribution is 5.46. The molecule has 0 aliphatic carbocycles. The number of benzene rings is 2. The normalized spacial score (nSPS) is 14.0. The monoisotopic (exact) mass is 286 g/mol. The molecule has 110 valence electrons. The van der Waals surface area contributed by atoms with Crippen LogP contribution in [0.4, 0.5) is 0 Å². The predicted molar refractivity (Wildman–Crippen MR) is 78.9 cm³/mol. The molecule has 0 fully saturated rings. The van der Waals surface area contributed by atoms with E-state index in [2.05, 4.69) is 0 Å². The second-order valence-corrected chi connectivity index (χ2v) is 5.20. The highest BCUT2D eigenvalue weighted by Crippen LogP contribution is 2.35.